The predicted octanol–water partition coefficient (Wildman–Crippen LogP) is 1.72. The summed E-state index contributed by atoms with van der Waals surface area (Å²) in [6.07, 6.45) is 0. The molecule has 0 bridgehead atoms. The molecule has 114 valence electrons. The summed E-state index contributed by atoms with van der Waals surface area (Å²) in [6, 6.07) is 3.98. The van der Waals surface area contributed by atoms with E-state index in [0.717, 1.165) is 0 Å². The monoisotopic (exact) mass is 295 g/mol. The van der Waals surface area contributed by atoms with Crippen LogP contribution in [0.1, 0.15) is 17.3 Å². The van der Waals surface area contributed by atoms with Crippen molar-refractivity contribution in [3.63, 3.8) is 0 Å². The van der Waals surface area contributed by atoms with Gasteiger partial charge in [-0.3, -0.25) is 9.59 Å². The summed E-state index contributed by atoms with van der Waals surface area (Å²) in [7, 11) is 2.68. The molecule has 0 aromatic heterocycles. The van der Waals surface area contributed by atoms with E-state index in [9.17, 15) is 14.0 Å². The lowest BCUT2D eigenvalue weighted by Crippen LogP contribution is -2.30. The van der Waals surface area contributed by atoms with Gasteiger partial charge in [-0.25, -0.2) is 4.39 Å². The van der Waals surface area contributed by atoms with Gasteiger partial charge in [0, 0.05) is 18.7 Å². The molecule has 2 atom stereocenters. The van der Waals surface area contributed by atoms with E-state index < -0.39 is 5.82 Å². The van der Waals surface area contributed by atoms with Gasteiger partial charge < -0.3 is 14.4 Å². The van der Waals surface area contributed by atoms with Crippen molar-refractivity contribution in [3.8, 4) is 5.75 Å². The van der Waals surface area contributed by atoms with Gasteiger partial charge >= 0.3 is 5.97 Å². The number of amides is 1. The minimum atomic E-state index is -0.517. The number of carbonyl (C=O) groups is 2. The number of benzene rings is 1. The van der Waals surface area contributed by atoms with Crippen LogP contribution in [-0.2, 0) is 9.53 Å². The smallest absolute Gasteiger partial charge is 0.310 e. The molecule has 1 aliphatic heterocycles. The van der Waals surface area contributed by atoms with Crippen LogP contribution in [0, 0.1) is 17.7 Å². The molecule has 1 aromatic rings. The number of methoxy groups -OCH3 is 2. The third-order valence-electron chi connectivity index (χ3n) is 3.80. The first-order valence-electron chi connectivity index (χ1n) is 6.68. The molecular weight excluding hydrogens is 277 g/mol. The summed E-state index contributed by atoms with van der Waals surface area (Å²) in [6.45, 7) is 2.69. The highest BCUT2D eigenvalue weighted by atomic mass is 19.1. The quantitative estimate of drug-likeness (QED) is 0.797. The summed E-state index contributed by atoms with van der Waals surface area (Å²) >= 11 is 0. The van der Waals surface area contributed by atoms with Gasteiger partial charge in [0.1, 0.15) is 0 Å². The Hall–Kier alpha value is -2.11. The molecule has 2 unspecified atom stereocenters. The maximum Gasteiger partial charge on any atom is 0.310 e. The van der Waals surface area contributed by atoms with Crippen molar-refractivity contribution in [1.82, 2.24) is 4.90 Å². The number of hydrogen-bond donors (Lipinski definition) is 0. The number of ether oxygens (including phenoxy) is 2. The Kier molecular flexibility index (Phi) is 4.45. The number of hydrogen-bond acceptors (Lipinski definition) is 4. The summed E-state index contributed by atoms with van der Waals surface area (Å²) in [5.41, 5.74) is 0.339. The molecule has 6 heteroatoms. The van der Waals surface area contributed by atoms with Crippen LogP contribution < -0.4 is 4.74 Å². The molecule has 1 amide bonds. The maximum atomic E-state index is 13.4. The minimum Gasteiger partial charge on any atom is -0.494 e. The Morgan fingerprint density at radius 3 is 2.62 bits per heavy atom. The van der Waals surface area contributed by atoms with E-state index in [1.54, 1.807) is 4.90 Å². The molecule has 5 nitrogen and oxygen atoms in total. The average Bonchev–Trinajstić information content (AvgIpc) is 2.88. The zero-order valence-electron chi connectivity index (χ0n) is 12.3. The molecule has 0 spiro atoms. The molecule has 2 rings (SSSR count). The first-order chi connectivity index (χ1) is 9.97. The van der Waals surface area contributed by atoms with E-state index in [4.69, 9.17) is 9.47 Å². The Morgan fingerprint density at radius 2 is 2.00 bits per heavy atom. The molecule has 21 heavy (non-hydrogen) atoms. The fourth-order valence-corrected chi connectivity index (χ4v) is 2.57. The normalized spacial score (nSPS) is 21.2. The third kappa shape index (κ3) is 2.99. The number of carbonyl (C=O) groups excluding carboxylic acids is 2. The van der Waals surface area contributed by atoms with Crippen LogP contribution in [0.15, 0.2) is 18.2 Å². The van der Waals surface area contributed by atoms with E-state index in [1.165, 1.54) is 32.4 Å². The van der Waals surface area contributed by atoms with Crippen molar-refractivity contribution >= 4 is 11.9 Å². The van der Waals surface area contributed by atoms with E-state index in [-0.39, 0.29) is 29.5 Å². The van der Waals surface area contributed by atoms with Crippen LogP contribution in [0.3, 0.4) is 0 Å². The number of esters is 1. The van der Waals surface area contributed by atoms with Gasteiger partial charge in [-0.15, -0.1) is 0 Å². The van der Waals surface area contributed by atoms with Gasteiger partial charge in [0.05, 0.1) is 20.1 Å². The zero-order valence-corrected chi connectivity index (χ0v) is 12.3. The Labute approximate surface area is 122 Å². The van der Waals surface area contributed by atoms with Crippen molar-refractivity contribution in [3.05, 3.63) is 29.6 Å². The fourth-order valence-electron chi connectivity index (χ4n) is 2.57. The van der Waals surface area contributed by atoms with Gasteiger partial charge in [-0.2, -0.15) is 0 Å². The Morgan fingerprint density at radius 1 is 1.29 bits per heavy atom. The van der Waals surface area contributed by atoms with Crippen molar-refractivity contribution in [2.24, 2.45) is 11.8 Å². The standard InChI is InChI=1S/C15H18FNO4/c1-9-7-17(8-11(9)15(19)21-3)14(18)10-4-5-12(16)13(6-10)20-2/h4-6,9,11H,7-8H2,1-3H3. The SMILES string of the molecule is COC(=O)C1CN(C(=O)c2ccc(F)c(OC)c2)CC1C. The van der Waals surface area contributed by atoms with E-state index in [2.05, 4.69) is 0 Å². The van der Waals surface area contributed by atoms with Crippen molar-refractivity contribution in [1.29, 1.82) is 0 Å². The lowest BCUT2D eigenvalue weighted by molar-refractivity contribution is -0.146. The molecule has 0 radical (unpaired) electrons. The second-order valence-corrected chi connectivity index (χ2v) is 5.17. The summed E-state index contributed by atoms with van der Waals surface area (Å²) in [5.74, 6) is -1.33. The Balaban J connectivity index is 2.16. The highest BCUT2D eigenvalue weighted by molar-refractivity contribution is 5.95. The van der Waals surface area contributed by atoms with Crippen molar-refractivity contribution in [2.45, 2.75) is 6.92 Å². The third-order valence-corrected chi connectivity index (χ3v) is 3.80. The highest BCUT2D eigenvalue weighted by Crippen LogP contribution is 2.27. The molecule has 1 aromatic carbocycles. The van der Waals surface area contributed by atoms with Gasteiger partial charge in [-0.05, 0) is 24.1 Å². The first kappa shape index (κ1) is 15.3. The molecular formula is C15H18FNO4. The van der Waals surface area contributed by atoms with Gasteiger partial charge in [-0.1, -0.05) is 6.92 Å². The van der Waals surface area contributed by atoms with E-state index in [1.807, 2.05) is 6.92 Å². The van der Waals surface area contributed by atoms with E-state index in [0.29, 0.717) is 18.7 Å². The Bertz CT molecular complexity index is 561. The minimum absolute atomic E-state index is 0.0256. The molecule has 0 saturated carbocycles. The second-order valence-electron chi connectivity index (χ2n) is 5.17. The number of likely N-dealkylation sites (tertiary alicyclic amines) is 1. The highest BCUT2D eigenvalue weighted by Gasteiger charge is 2.38. The molecule has 1 heterocycles. The van der Waals surface area contributed by atoms with Crippen LogP contribution >= 0.6 is 0 Å². The van der Waals surface area contributed by atoms with E-state index >= 15 is 0 Å². The van der Waals surface area contributed by atoms with Gasteiger partial charge in [0.15, 0.2) is 11.6 Å². The van der Waals surface area contributed by atoms with Crippen LogP contribution in [0.4, 0.5) is 4.39 Å². The van der Waals surface area contributed by atoms with Crippen LogP contribution in [0.2, 0.25) is 0 Å². The maximum absolute atomic E-state index is 13.4. The first-order valence-corrected chi connectivity index (χ1v) is 6.68. The topological polar surface area (TPSA) is 55.8 Å². The molecule has 1 saturated heterocycles. The van der Waals surface area contributed by atoms with Gasteiger partial charge in [0.25, 0.3) is 5.91 Å². The summed E-state index contributed by atoms with van der Waals surface area (Å²) in [4.78, 5) is 25.7. The zero-order chi connectivity index (χ0) is 15.6. The fraction of sp³-hybridized carbons (Fsp3) is 0.467. The summed E-state index contributed by atoms with van der Waals surface area (Å²) in [5, 5.41) is 0. The van der Waals surface area contributed by atoms with Gasteiger partial charge in [0.2, 0.25) is 0 Å². The number of halogens is 1. The summed E-state index contributed by atoms with van der Waals surface area (Å²) < 4.78 is 23.0. The molecule has 0 N–H and O–H groups in total. The average molecular weight is 295 g/mol. The second kappa shape index (κ2) is 6.11. The lowest BCUT2D eigenvalue weighted by atomic mass is 9.99. The number of rotatable bonds is 3. The van der Waals surface area contributed by atoms with Crippen LogP contribution in [0.25, 0.3) is 0 Å². The largest absolute Gasteiger partial charge is 0.494 e. The van der Waals surface area contributed by atoms with Crippen molar-refractivity contribution < 1.29 is 23.5 Å². The molecule has 0 aliphatic carbocycles. The van der Waals surface area contributed by atoms with Crippen molar-refractivity contribution in [2.75, 3.05) is 27.3 Å². The number of nitrogens with zero attached hydrogens (tertiary/aromatic N) is 1. The molecule has 1 fully saturated rings. The predicted molar refractivity (Wildman–Crippen MR) is 73.5 cm³/mol. The van der Waals surface area contributed by atoms with Crippen LogP contribution in [0.5, 0.6) is 5.75 Å². The molecule has 1 aliphatic rings. The lowest BCUT2D eigenvalue weighted by Gasteiger charge is -2.16. The van der Waals surface area contributed by atoms with Crippen LogP contribution in [-0.4, -0.2) is 44.1 Å².